The van der Waals surface area contributed by atoms with Crippen LogP contribution in [0.15, 0.2) is 72.8 Å². The standard InChI is InChI=1S/C37H39N4.4Er.3Re/c1-33-13-11-12-20-37(33)32-41-27-25-39(30-35-16-7-3-8-17-35)23-21-38(29-34-14-5-2-6-15-34)22-24-40(26-28-41)31-36-18-9-4-10-19-36;;;;;;;/h2-13H,21-32H2,1H3;;;;;;;/q-7;;;;;;;. The van der Waals surface area contributed by atoms with Crippen molar-refractivity contribution < 1.29 is 210 Å². The van der Waals surface area contributed by atoms with Crippen LogP contribution in [-0.4, -0.2) is 72.0 Å². The smallest absolute Gasteiger partial charge is 0.0113 e. The van der Waals surface area contributed by atoms with Gasteiger partial charge in [-0.3, -0.25) is 76.2 Å². The molecule has 1 fully saturated rings. The summed E-state index contributed by atoms with van der Waals surface area (Å²) in [5, 5.41) is 0. The molecule has 11 heteroatoms. The molecule has 283 valence electrons. The van der Waals surface area contributed by atoms with Gasteiger partial charge in [0.25, 0.3) is 0 Å². The first kappa shape index (κ1) is 56.0. The molecule has 1 aliphatic rings. The molecule has 4 aromatic carbocycles. The summed E-state index contributed by atoms with van der Waals surface area (Å²) in [6.07, 6.45) is 0. The average molecular weight is 1770 g/mol. The van der Waals surface area contributed by atoms with Crippen molar-refractivity contribution >= 4 is 0 Å². The van der Waals surface area contributed by atoms with Crippen LogP contribution in [0.25, 0.3) is 0 Å². The summed E-state index contributed by atoms with van der Waals surface area (Å²) in [6.45, 7) is 13.5. The summed E-state index contributed by atoms with van der Waals surface area (Å²) in [7, 11) is 0. The fourth-order valence-corrected chi connectivity index (χ4v) is 5.27. The Bertz CT molecular complexity index is 1260. The van der Waals surface area contributed by atoms with Crippen LogP contribution in [0.5, 0.6) is 0 Å². The van der Waals surface area contributed by atoms with Crippen LogP contribution in [0.2, 0.25) is 0 Å². The van der Waals surface area contributed by atoms with Gasteiger partial charge in [0.15, 0.2) is 0 Å². The minimum absolute atomic E-state index is 0. The van der Waals surface area contributed by atoms with E-state index in [0.717, 1.165) is 95.2 Å². The molecule has 0 atom stereocenters. The van der Waals surface area contributed by atoms with Gasteiger partial charge in [-0.05, 0) is 19.6 Å². The van der Waals surface area contributed by atoms with Crippen LogP contribution in [0.4, 0.5) is 0 Å². The molecule has 3 radical (unpaired) electrons. The third-order valence-corrected chi connectivity index (χ3v) is 7.76. The molecule has 0 spiro atoms. The third kappa shape index (κ3) is 21.1. The van der Waals surface area contributed by atoms with Crippen molar-refractivity contribution in [3.63, 3.8) is 0 Å². The zero-order chi connectivity index (χ0) is 28.1. The predicted molar refractivity (Wildman–Crippen MR) is 163 cm³/mol. The van der Waals surface area contributed by atoms with E-state index in [0.29, 0.717) is 0 Å². The second-order valence-corrected chi connectivity index (χ2v) is 10.8. The average Bonchev–Trinajstić information content (AvgIpc) is 3.01. The van der Waals surface area contributed by atoms with Gasteiger partial charge in [-0.25, -0.2) is 0 Å². The molecule has 1 saturated heterocycles. The van der Waals surface area contributed by atoms with Crippen LogP contribution < -0.4 is 0 Å². The van der Waals surface area contributed by atoms with Gasteiger partial charge in [0.05, 0.1) is 0 Å². The Balaban J connectivity index is -0.00000289. The monoisotopic (exact) mass is 1760 g/mol. The van der Waals surface area contributed by atoms with E-state index < -0.39 is 0 Å². The Morgan fingerprint density at radius 2 is 0.688 bits per heavy atom. The molecule has 0 aromatic heterocycles. The number of aryl methyl sites for hydroxylation is 1. The van der Waals surface area contributed by atoms with E-state index in [9.17, 15) is 0 Å². The number of rotatable bonds is 8. The van der Waals surface area contributed by atoms with E-state index in [1.165, 1.54) is 11.1 Å². The molecule has 1 heterocycles. The molecule has 0 amide bonds. The molecular weight excluding hydrogens is 1730 g/mol. The third-order valence-electron chi connectivity index (χ3n) is 7.76. The largest absolute Gasteiger partial charge is 0.354 e. The SMILES string of the molecule is Cc1ccc[c-]c1CN1CCN(Cc2[c-]ccc[c-]2)CCN(Cc2[c-]ccc[c-]2)CCN(Cc2[c-]ccc[c-]2)CC1.[Er].[Er].[Er].[Er].[Re].[Re].[Re]. The van der Waals surface area contributed by atoms with Crippen LogP contribution >= 0.6 is 0 Å². The molecule has 4 nitrogen and oxygen atoms in total. The Labute approximate surface area is 450 Å². The van der Waals surface area contributed by atoms with E-state index in [4.69, 9.17) is 0 Å². The van der Waals surface area contributed by atoms with Crippen molar-refractivity contribution in [3.05, 3.63) is 143 Å². The van der Waals surface area contributed by atoms with Gasteiger partial charge in [0.1, 0.15) is 0 Å². The summed E-state index contributed by atoms with van der Waals surface area (Å²) in [4.78, 5) is 10.3. The first-order valence-corrected chi connectivity index (χ1v) is 14.7. The van der Waals surface area contributed by atoms with Gasteiger partial charge in [-0.2, -0.15) is 29.8 Å². The molecule has 0 unspecified atom stereocenters. The quantitative estimate of drug-likeness (QED) is 0.233. The maximum Gasteiger partial charge on any atom is 0.0113 e. The normalized spacial score (nSPS) is 14.6. The predicted octanol–water partition coefficient (Wildman–Crippen LogP) is 4.91. The fourth-order valence-electron chi connectivity index (χ4n) is 5.27. The molecule has 48 heavy (non-hydrogen) atoms. The van der Waals surface area contributed by atoms with Crippen LogP contribution in [0.3, 0.4) is 0 Å². The van der Waals surface area contributed by atoms with Gasteiger partial charge < -0.3 is 51.1 Å². The molecule has 5 rings (SSSR count). The summed E-state index contributed by atoms with van der Waals surface area (Å²) in [6, 6.07) is 48.1. The van der Waals surface area contributed by atoms with Gasteiger partial charge in [0.2, 0.25) is 0 Å². The van der Waals surface area contributed by atoms with E-state index in [1.54, 1.807) is 0 Å². The Morgan fingerprint density at radius 3 is 0.979 bits per heavy atom. The topological polar surface area (TPSA) is 13.0 Å². The second kappa shape index (κ2) is 32.9. The van der Waals surface area contributed by atoms with Crippen molar-refractivity contribution in [3.8, 4) is 0 Å². The summed E-state index contributed by atoms with van der Waals surface area (Å²) >= 11 is 0. The minimum atomic E-state index is 0. The van der Waals surface area contributed by atoms with Crippen molar-refractivity contribution in [2.45, 2.75) is 33.1 Å². The molecule has 1 aliphatic heterocycles. The molecule has 0 bridgehead atoms. The first-order valence-electron chi connectivity index (χ1n) is 14.7. The summed E-state index contributed by atoms with van der Waals surface area (Å²) in [5.74, 6) is 0. The Kier molecular flexibility index (Phi) is 38.4. The number of benzene rings is 4. The maximum absolute atomic E-state index is 3.50. The first-order chi connectivity index (χ1) is 20.2. The van der Waals surface area contributed by atoms with Gasteiger partial charge >= 0.3 is 0 Å². The van der Waals surface area contributed by atoms with Gasteiger partial charge in [0, 0.05) is 269 Å². The molecule has 0 aliphatic carbocycles. The van der Waals surface area contributed by atoms with Crippen molar-refractivity contribution in [2.75, 3.05) is 52.4 Å². The van der Waals surface area contributed by atoms with Crippen molar-refractivity contribution in [1.29, 1.82) is 0 Å². The van der Waals surface area contributed by atoms with Crippen LogP contribution in [-0.2, 0) is 87.4 Å². The Hall–Kier alpha value is 3.69. The van der Waals surface area contributed by atoms with Gasteiger partial charge in [-0.15, -0.1) is 5.56 Å². The van der Waals surface area contributed by atoms with Crippen LogP contribution in [0.1, 0.15) is 27.8 Å². The zero-order valence-electron chi connectivity index (χ0n) is 26.5. The number of hydrogen-bond acceptors (Lipinski definition) is 4. The van der Waals surface area contributed by atoms with Crippen molar-refractivity contribution in [2.24, 2.45) is 0 Å². The fraction of sp³-hybridized carbons (Fsp3) is 0.351. The molecule has 0 saturated carbocycles. The van der Waals surface area contributed by atoms with Crippen molar-refractivity contribution in [1.82, 2.24) is 19.6 Å². The molecular formula is C37H39Er4N4Re3-7. The number of nitrogens with zero attached hydrogens (tertiary/aromatic N) is 4. The van der Waals surface area contributed by atoms with E-state index in [-0.39, 0.29) is 210 Å². The number of hydrogen-bond donors (Lipinski definition) is 0. The van der Waals surface area contributed by atoms with Crippen LogP contribution in [0, 0.1) is 199 Å². The Morgan fingerprint density at radius 1 is 0.417 bits per heavy atom. The minimum Gasteiger partial charge on any atom is -0.354 e. The van der Waals surface area contributed by atoms with Gasteiger partial charge in [-0.1, -0.05) is 6.92 Å². The summed E-state index contributed by atoms with van der Waals surface area (Å²) < 4.78 is 0. The zero-order valence-corrected chi connectivity index (χ0v) is 42.0. The maximum atomic E-state index is 3.50. The molecule has 4 aromatic rings. The van der Waals surface area contributed by atoms with E-state index in [2.05, 4.69) is 81.1 Å². The van der Waals surface area contributed by atoms with E-state index in [1.807, 2.05) is 60.7 Å². The second-order valence-electron chi connectivity index (χ2n) is 10.8. The van der Waals surface area contributed by atoms with E-state index >= 15 is 0 Å². The summed E-state index contributed by atoms with van der Waals surface area (Å²) in [5.41, 5.74) is 5.95. The molecule has 0 N–H and O–H groups in total.